The average molecular weight is 590 g/mol. The van der Waals surface area contributed by atoms with Gasteiger partial charge in [-0.1, -0.05) is 67.9 Å². The van der Waals surface area contributed by atoms with Gasteiger partial charge in [-0.2, -0.15) is 13.2 Å². The molecule has 0 aromatic heterocycles. The molecule has 2 amide bonds. The number of carbonyl (C=O) groups excluding carboxylic acids is 2. The number of hydrogen-bond donors (Lipinski definition) is 1. The van der Waals surface area contributed by atoms with Crippen molar-refractivity contribution < 1.29 is 31.2 Å². The normalized spacial score (nSPS) is 12.4. The molecule has 0 aliphatic carbocycles. The van der Waals surface area contributed by atoms with E-state index in [0.717, 1.165) is 17.7 Å². The third kappa shape index (κ3) is 8.09. The van der Waals surface area contributed by atoms with Crippen LogP contribution < -0.4 is 9.62 Å². The monoisotopic (exact) mass is 589 g/mol. The van der Waals surface area contributed by atoms with E-state index in [-0.39, 0.29) is 23.5 Å². The molecule has 0 saturated carbocycles. The summed E-state index contributed by atoms with van der Waals surface area (Å²) < 4.78 is 69.1. The molecule has 3 aromatic carbocycles. The van der Waals surface area contributed by atoms with E-state index < -0.39 is 46.2 Å². The molecule has 0 saturated heterocycles. The van der Waals surface area contributed by atoms with Crippen LogP contribution in [0.1, 0.15) is 43.4 Å². The topological polar surface area (TPSA) is 86.8 Å². The van der Waals surface area contributed by atoms with Crippen LogP contribution in [0.4, 0.5) is 18.9 Å². The van der Waals surface area contributed by atoms with Gasteiger partial charge in [0.1, 0.15) is 12.6 Å². The zero-order chi connectivity index (χ0) is 30.2. The average Bonchev–Trinajstić information content (AvgIpc) is 2.94. The Kier molecular flexibility index (Phi) is 10.6. The molecule has 7 nitrogen and oxygen atoms in total. The second-order valence-corrected chi connectivity index (χ2v) is 11.5. The van der Waals surface area contributed by atoms with Gasteiger partial charge < -0.3 is 10.2 Å². The molecule has 0 aliphatic heterocycles. The Labute approximate surface area is 239 Å². The Morgan fingerprint density at radius 1 is 0.927 bits per heavy atom. The van der Waals surface area contributed by atoms with Gasteiger partial charge >= 0.3 is 6.18 Å². The lowest BCUT2D eigenvalue weighted by Crippen LogP contribution is -2.52. The number of nitrogens with one attached hydrogen (secondary N) is 1. The summed E-state index contributed by atoms with van der Waals surface area (Å²) in [4.78, 5) is 28.1. The summed E-state index contributed by atoms with van der Waals surface area (Å²) >= 11 is 0. The molecular weight excluding hydrogens is 555 g/mol. The van der Waals surface area contributed by atoms with Gasteiger partial charge in [-0.15, -0.1) is 0 Å². The highest BCUT2D eigenvalue weighted by Gasteiger charge is 2.35. The molecule has 0 bridgehead atoms. The van der Waals surface area contributed by atoms with Crippen LogP contribution in [0.25, 0.3) is 0 Å². The minimum Gasteiger partial charge on any atom is -0.354 e. The molecule has 3 aromatic rings. The molecule has 41 heavy (non-hydrogen) atoms. The predicted molar refractivity (Wildman–Crippen MR) is 152 cm³/mol. The summed E-state index contributed by atoms with van der Waals surface area (Å²) in [5.41, 5.74) is 0.105. The van der Waals surface area contributed by atoms with Crippen molar-refractivity contribution in [3.63, 3.8) is 0 Å². The van der Waals surface area contributed by atoms with Gasteiger partial charge in [0.2, 0.25) is 11.8 Å². The Morgan fingerprint density at radius 3 is 2.17 bits per heavy atom. The standard InChI is InChI=1S/C30H34F3N3O4S/c1-4-18-34-29(38)27(5-2)35(20-23-10-7-6-8-11-23)28(37)21-36(25-13-9-12-24(19-25)30(31,32)33)41(39,40)26-16-14-22(3)15-17-26/h6-17,19,27H,4-5,18,20-21H2,1-3H3,(H,34,38). The summed E-state index contributed by atoms with van der Waals surface area (Å²) in [7, 11) is -4.48. The van der Waals surface area contributed by atoms with E-state index in [1.54, 1.807) is 56.3 Å². The van der Waals surface area contributed by atoms with E-state index >= 15 is 0 Å². The maximum atomic E-state index is 13.9. The largest absolute Gasteiger partial charge is 0.416 e. The van der Waals surface area contributed by atoms with Crippen LogP contribution >= 0.6 is 0 Å². The van der Waals surface area contributed by atoms with Crippen LogP contribution in [0.2, 0.25) is 0 Å². The first kappa shape index (κ1) is 31.7. The first-order chi connectivity index (χ1) is 19.4. The van der Waals surface area contributed by atoms with Crippen molar-refractivity contribution in [1.29, 1.82) is 0 Å². The van der Waals surface area contributed by atoms with E-state index in [2.05, 4.69) is 5.32 Å². The van der Waals surface area contributed by atoms with Crippen LogP contribution in [-0.4, -0.2) is 44.3 Å². The quantitative estimate of drug-likeness (QED) is 0.301. The molecular formula is C30H34F3N3O4S. The summed E-state index contributed by atoms with van der Waals surface area (Å²) in [5, 5.41) is 2.79. The first-order valence-electron chi connectivity index (χ1n) is 13.3. The summed E-state index contributed by atoms with van der Waals surface area (Å²) in [6.07, 6.45) is -3.82. The third-order valence-electron chi connectivity index (χ3n) is 6.48. The number of alkyl halides is 3. The summed E-state index contributed by atoms with van der Waals surface area (Å²) in [6, 6.07) is 17.6. The van der Waals surface area contributed by atoms with E-state index in [0.29, 0.717) is 28.9 Å². The number of hydrogen-bond acceptors (Lipinski definition) is 4. The molecule has 0 aliphatic rings. The Hall–Kier alpha value is -3.86. The lowest BCUT2D eigenvalue weighted by Gasteiger charge is -2.33. The Morgan fingerprint density at radius 2 is 1.59 bits per heavy atom. The fourth-order valence-corrected chi connectivity index (χ4v) is 5.68. The van der Waals surface area contributed by atoms with Crippen molar-refractivity contribution in [1.82, 2.24) is 10.2 Å². The number of anilines is 1. The van der Waals surface area contributed by atoms with Crippen LogP contribution in [0, 0.1) is 6.92 Å². The van der Waals surface area contributed by atoms with Crippen LogP contribution in [0.15, 0.2) is 83.8 Å². The number of aryl methyl sites for hydroxylation is 1. The zero-order valence-electron chi connectivity index (χ0n) is 23.2. The number of sulfonamides is 1. The molecule has 220 valence electrons. The van der Waals surface area contributed by atoms with Gasteiger partial charge in [0.25, 0.3) is 10.0 Å². The van der Waals surface area contributed by atoms with E-state index in [1.165, 1.54) is 23.1 Å². The van der Waals surface area contributed by atoms with Crippen molar-refractivity contribution in [2.24, 2.45) is 0 Å². The lowest BCUT2D eigenvalue weighted by molar-refractivity contribution is -0.140. The van der Waals surface area contributed by atoms with Gasteiger partial charge in [0, 0.05) is 13.1 Å². The molecule has 0 spiro atoms. The highest BCUT2D eigenvalue weighted by molar-refractivity contribution is 7.92. The first-order valence-corrected chi connectivity index (χ1v) is 14.7. The fourth-order valence-electron chi connectivity index (χ4n) is 4.27. The second-order valence-electron chi connectivity index (χ2n) is 9.60. The van der Waals surface area contributed by atoms with Crippen molar-refractivity contribution >= 4 is 27.5 Å². The van der Waals surface area contributed by atoms with Crippen molar-refractivity contribution in [3.05, 3.63) is 95.6 Å². The molecule has 0 heterocycles. The number of nitrogens with zero attached hydrogens (tertiary/aromatic N) is 2. The predicted octanol–water partition coefficient (Wildman–Crippen LogP) is 5.54. The second kappa shape index (κ2) is 13.7. The van der Waals surface area contributed by atoms with E-state index in [4.69, 9.17) is 0 Å². The minimum absolute atomic E-state index is 0.00125. The SMILES string of the molecule is CCCNC(=O)C(CC)N(Cc1ccccc1)C(=O)CN(c1cccc(C(F)(F)F)c1)S(=O)(=O)c1ccc(C)cc1. The van der Waals surface area contributed by atoms with Crippen molar-refractivity contribution in [3.8, 4) is 0 Å². The van der Waals surface area contributed by atoms with Gasteiger partial charge in [0.15, 0.2) is 0 Å². The van der Waals surface area contributed by atoms with Gasteiger partial charge in [-0.25, -0.2) is 8.42 Å². The molecule has 11 heteroatoms. The van der Waals surface area contributed by atoms with Crippen molar-refractivity contribution in [2.75, 3.05) is 17.4 Å². The number of rotatable bonds is 12. The van der Waals surface area contributed by atoms with E-state index in [9.17, 15) is 31.2 Å². The fraction of sp³-hybridized carbons (Fsp3) is 0.333. The van der Waals surface area contributed by atoms with Crippen LogP contribution in [0.3, 0.4) is 0 Å². The molecule has 3 rings (SSSR count). The van der Waals surface area contributed by atoms with Gasteiger partial charge in [-0.3, -0.25) is 13.9 Å². The van der Waals surface area contributed by atoms with Crippen LogP contribution in [0.5, 0.6) is 0 Å². The smallest absolute Gasteiger partial charge is 0.354 e. The maximum absolute atomic E-state index is 13.9. The Bertz CT molecular complexity index is 1430. The molecule has 1 atom stereocenters. The van der Waals surface area contributed by atoms with E-state index in [1.807, 2.05) is 6.92 Å². The van der Waals surface area contributed by atoms with Gasteiger partial charge in [-0.05, 0) is 55.7 Å². The zero-order valence-corrected chi connectivity index (χ0v) is 24.0. The lowest BCUT2D eigenvalue weighted by atomic mass is 10.1. The highest BCUT2D eigenvalue weighted by Crippen LogP contribution is 2.33. The molecule has 1 N–H and O–H groups in total. The van der Waals surface area contributed by atoms with Gasteiger partial charge in [0.05, 0.1) is 16.1 Å². The number of amides is 2. The third-order valence-corrected chi connectivity index (χ3v) is 8.27. The number of benzene rings is 3. The summed E-state index contributed by atoms with van der Waals surface area (Å²) in [5.74, 6) is -1.13. The summed E-state index contributed by atoms with van der Waals surface area (Å²) in [6.45, 7) is 4.95. The van der Waals surface area contributed by atoms with Crippen molar-refractivity contribution in [2.45, 2.75) is 57.3 Å². The number of carbonyl (C=O) groups is 2. The minimum atomic E-state index is -4.73. The van der Waals surface area contributed by atoms with Crippen LogP contribution in [-0.2, 0) is 32.3 Å². The molecule has 0 fully saturated rings. The number of halogens is 3. The maximum Gasteiger partial charge on any atom is 0.416 e. The molecule has 0 radical (unpaired) electrons. The Balaban J connectivity index is 2.10. The molecule has 1 unspecified atom stereocenters. The highest BCUT2D eigenvalue weighted by atomic mass is 32.2.